The van der Waals surface area contributed by atoms with E-state index in [1.54, 1.807) is 6.92 Å². The molecular weight excluding hydrogens is 182 g/mol. The summed E-state index contributed by atoms with van der Waals surface area (Å²) in [5, 5.41) is 0.561. The van der Waals surface area contributed by atoms with E-state index in [-0.39, 0.29) is 0 Å². The molecule has 1 heterocycles. The Kier molecular flexibility index (Phi) is 2.62. The highest BCUT2D eigenvalue weighted by molar-refractivity contribution is 7.15. The molecule has 0 aliphatic carbocycles. The Morgan fingerprint density at radius 3 is 2.64 bits per heavy atom. The van der Waals surface area contributed by atoms with Gasteiger partial charge in [0, 0.05) is 0 Å². The second-order valence-corrected chi connectivity index (χ2v) is 3.58. The zero-order valence-corrected chi connectivity index (χ0v) is 7.92. The molecule has 0 N–H and O–H groups in total. The van der Waals surface area contributed by atoms with Crippen molar-refractivity contribution < 1.29 is 4.79 Å². The summed E-state index contributed by atoms with van der Waals surface area (Å²) in [6, 6.07) is 0. The molecule has 0 aliphatic heterocycles. The first-order valence-electron chi connectivity index (χ1n) is 3.31. The second-order valence-electron chi connectivity index (χ2n) is 2.15. The number of halogens is 1. The first-order chi connectivity index (χ1) is 5.15. The van der Waals surface area contributed by atoms with Crippen molar-refractivity contribution in [3.8, 4) is 0 Å². The van der Waals surface area contributed by atoms with Crippen LogP contribution >= 0.6 is 22.9 Å². The largest absolute Gasteiger partial charge is 0.275 e. The van der Waals surface area contributed by atoms with Gasteiger partial charge in [-0.25, -0.2) is 4.98 Å². The zero-order chi connectivity index (χ0) is 8.43. The van der Waals surface area contributed by atoms with Gasteiger partial charge < -0.3 is 0 Å². The van der Waals surface area contributed by atoms with E-state index >= 15 is 0 Å². The molecule has 1 aromatic heterocycles. The number of rotatable bonds is 2. The van der Waals surface area contributed by atoms with Gasteiger partial charge in [0.15, 0.2) is 0 Å². The van der Waals surface area contributed by atoms with Gasteiger partial charge in [0.2, 0.25) is 0 Å². The van der Waals surface area contributed by atoms with Gasteiger partial charge in [-0.1, -0.05) is 6.92 Å². The smallest absolute Gasteiger partial charge is 0.264 e. The minimum atomic E-state index is -0.403. The van der Waals surface area contributed by atoms with E-state index in [4.69, 9.17) is 11.6 Å². The summed E-state index contributed by atoms with van der Waals surface area (Å²) in [5.41, 5.74) is 0.742. The molecule has 60 valence electrons. The average molecular weight is 190 g/mol. The molecule has 0 radical (unpaired) electrons. The Hall–Kier alpha value is -0.410. The molecule has 0 unspecified atom stereocenters. The Balaban J connectivity index is 3.07. The van der Waals surface area contributed by atoms with Crippen LogP contribution < -0.4 is 0 Å². The quantitative estimate of drug-likeness (QED) is 0.669. The van der Waals surface area contributed by atoms with Crippen molar-refractivity contribution >= 4 is 28.2 Å². The highest BCUT2D eigenvalue weighted by Crippen LogP contribution is 2.19. The lowest BCUT2D eigenvalue weighted by Crippen LogP contribution is -1.86. The van der Waals surface area contributed by atoms with E-state index in [1.807, 2.05) is 6.92 Å². The van der Waals surface area contributed by atoms with Crippen LogP contribution in [0.25, 0.3) is 0 Å². The fraction of sp³-hybridized carbons (Fsp3) is 0.429. The summed E-state index contributed by atoms with van der Waals surface area (Å²) in [5.74, 6) is 0. The summed E-state index contributed by atoms with van der Waals surface area (Å²) >= 11 is 6.69. The second kappa shape index (κ2) is 3.32. The highest BCUT2D eigenvalue weighted by atomic mass is 35.5. The monoisotopic (exact) mass is 189 g/mol. The van der Waals surface area contributed by atoms with E-state index in [1.165, 1.54) is 11.3 Å². The molecule has 0 bridgehead atoms. The van der Waals surface area contributed by atoms with E-state index in [2.05, 4.69) is 4.98 Å². The Morgan fingerprint density at radius 1 is 1.73 bits per heavy atom. The van der Waals surface area contributed by atoms with E-state index < -0.39 is 5.24 Å². The molecule has 0 aliphatic rings. The van der Waals surface area contributed by atoms with Gasteiger partial charge in [-0.2, -0.15) is 0 Å². The molecule has 0 aromatic carbocycles. The minimum absolute atomic E-state index is 0.403. The molecule has 0 saturated heterocycles. The van der Waals surface area contributed by atoms with Crippen molar-refractivity contribution in [3.05, 3.63) is 15.6 Å². The third-order valence-electron chi connectivity index (χ3n) is 1.32. The van der Waals surface area contributed by atoms with E-state index in [0.29, 0.717) is 4.88 Å². The molecule has 4 heteroatoms. The first-order valence-corrected chi connectivity index (χ1v) is 4.50. The number of carbonyl (C=O) groups excluding carboxylic acids is 1. The molecule has 0 fully saturated rings. The van der Waals surface area contributed by atoms with Gasteiger partial charge in [0.05, 0.1) is 10.7 Å². The van der Waals surface area contributed by atoms with Crippen LogP contribution in [0.2, 0.25) is 0 Å². The first kappa shape index (κ1) is 8.68. The van der Waals surface area contributed by atoms with Gasteiger partial charge in [-0.05, 0) is 24.9 Å². The van der Waals surface area contributed by atoms with Crippen LogP contribution in [0.1, 0.15) is 27.3 Å². The Labute approximate surface area is 74.2 Å². The van der Waals surface area contributed by atoms with Gasteiger partial charge in [-0.15, -0.1) is 11.3 Å². The number of hydrogen-bond acceptors (Lipinski definition) is 3. The summed E-state index contributed by atoms with van der Waals surface area (Å²) in [4.78, 5) is 15.5. The van der Waals surface area contributed by atoms with Gasteiger partial charge in [0.25, 0.3) is 5.24 Å². The van der Waals surface area contributed by atoms with Crippen LogP contribution in [-0.4, -0.2) is 10.2 Å². The zero-order valence-electron chi connectivity index (χ0n) is 6.35. The van der Waals surface area contributed by atoms with Gasteiger partial charge >= 0.3 is 0 Å². The van der Waals surface area contributed by atoms with Crippen molar-refractivity contribution in [3.63, 3.8) is 0 Å². The summed E-state index contributed by atoms with van der Waals surface area (Å²) < 4.78 is 0. The molecule has 0 atom stereocenters. The van der Waals surface area contributed by atoms with Crippen LogP contribution in [0.5, 0.6) is 0 Å². The molecule has 1 aromatic rings. The normalized spacial score (nSPS) is 10.1. The Bertz CT molecular complexity index is 282. The summed E-state index contributed by atoms with van der Waals surface area (Å²) in [6.07, 6.45) is 0.857. The van der Waals surface area contributed by atoms with Crippen LogP contribution in [0.3, 0.4) is 0 Å². The Morgan fingerprint density at radius 2 is 2.36 bits per heavy atom. The topological polar surface area (TPSA) is 30.0 Å². The molecule has 11 heavy (non-hydrogen) atoms. The van der Waals surface area contributed by atoms with Crippen molar-refractivity contribution in [2.45, 2.75) is 20.3 Å². The maximum atomic E-state index is 10.7. The lowest BCUT2D eigenvalue weighted by atomic mass is 10.4. The van der Waals surface area contributed by atoms with Gasteiger partial charge in [-0.3, -0.25) is 4.79 Å². The SMILES string of the molecule is CCc1nc(C)c(C(=O)Cl)s1. The highest BCUT2D eigenvalue weighted by Gasteiger charge is 2.11. The molecule has 0 spiro atoms. The number of thiazole rings is 1. The van der Waals surface area contributed by atoms with Crippen molar-refractivity contribution in [1.82, 2.24) is 4.98 Å². The predicted octanol–water partition coefficient (Wildman–Crippen LogP) is 2.39. The lowest BCUT2D eigenvalue weighted by molar-refractivity contribution is 0.108. The molecule has 0 amide bonds. The standard InChI is InChI=1S/C7H8ClNOS/c1-3-5-9-4(2)6(11-5)7(8)10/h3H2,1-2H3. The van der Waals surface area contributed by atoms with Crippen LogP contribution in [-0.2, 0) is 6.42 Å². The molecule has 1 rings (SSSR count). The minimum Gasteiger partial charge on any atom is -0.275 e. The third-order valence-corrected chi connectivity index (χ3v) is 2.92. The fourth-order valence-electron chi connectivity index (χ4n) is 0.786. The van der Waals surface area contributed by atoms with Crippen LogP contribution in [0.4, 0.5) is 0 Å². The number of carbonyl (C=O) groups is 1. The lowest BCUT2D eigenvalue weighted by Gasteiger charge is -1.83. The number of aryl methyl sites for hydroxylation is 2. The molecule has 0 saturated carbocycles. The maximum Gasteiger partial charge on any atom is 0.264 e. The number of aromatic nitrogens is 1. The van der Waals surface area contributed by atoms with Crippen LogP contribution in [0.15, 0.2) is 0 Å². The van der Waals surface area contributed by atoms with Crippen molar-refractivity contribution in [2.24, 2.45) is 0 Å². The van der Waals surface area contributed by atoms with E-state index in [9.17, 15) is 4.79 Å². The van der Waals surface area contributed by atoms with Crippen molar-refractivity contribution in [2.75, 3.05) is 0 Å². The molecule has 2 nitrogen and oxygen atoms in total. The van der Waals surface area contributed by atoms with Crippen LogP contribution in [0, 0.1) is 6.92 Å². The van der Waals surface area contributed by atoms with E-state index in [0.717, 1.165) is 17.1 Å². The third kappa shape index (κ3) is 1.79. The maximum absolute atomic E-state index is 10.7. The average Bonchev–Trinajstić information content (AvgIpc) is 2.30. The number of hydrogen-bond donors (Lipinski definition) is 0. The summed E-state index contributed by atoms with van der Waals surface area (Å²) in [6.45, 7) is 3.80. The summed E-state index contributed by atoms with van der Waals surface area (Å²) in [7, 11) is 0. The molecular formula is C7H8ClNOS. The van der Waals surface area contributed by atoms with Crippen molar-refractivity contribution in [1.29, 1.82) is 0 Å². The predicted molar refractivity (Wildman–Crippen MR) is 46.4 cm³/mol. The van der Waals surface area contributed by atoms with Gasteiger partial charge in [0.1, 0.15) is 4.88 Å². The number of nitrogens with zero attached hydrogens (tertiary/aromatic N) is 1. The fourth-order valence-corrected chi connectivity index (χ4v) is 1.87.